The van der Waals surface area contributed by atoms with E-state index in [9.17, 15) is 0 Å². The average molecular weight is 169 g/mol. The van der Waals surface area contributed by atoms with Crippen molar-refractivity contribution in [3.8, 4) is 0 Å². The van der Waals surface area contributed by atoms with Crippen LogP contribution < -0.4 is 0 Å². The number of hydrogen-bond donors (Lipinski definition) is 0. The van der Waals surface area contributed by atoms with Crippen LogP contribution in [0.4, 0.5) is 0 Å². The number of rotatable bonds is 2. The quantitative estimate of drug-likeness (QED) is 0.612. The van der Waals surface area contributed by atoms with Crippen molar-refractivity contribution in [2.45, 2.75) is 16.7 Å². The molecule has 1 aromatic carbocycles. The fourth-order valence-electron chi connectivity index (χ4n) is 0.703. The van der Waals surface area contributed by atoms with Crippen molar-refractivity contribution in [2.75, 3.05) is 5.75 Å². The van der Waals surface area contributed by atoms with Crippen molar-refractivity contribution in [2.24, 2.45) is 0 Å². The molecule has 2 heteroatoms. The van der Waals surface area contributed by atoms with E-state index in [0.717, 1.165) is 10.6 Å². The average Bonchev–Trinajstić information content (AvgIpc) is 1.95. The zero-order chi connectivity index (χ0) is 7.40. The second kappa shape index (κ2) is 3.84. The van der Waals surface area contributed by atoms with Crippen molar-refractivity contribution in [1.82, 2.24) is 0 Å². The fourth-order valence-corrected chi connectivity index (χ4v) is 1.50. The van der Waals surface area contributed by atoms with E-state index in [1.54, 1.807) is 0 Å². The van der Waals surface area contributed by atoms with Gasteiger partial charge in [-0.25, -0.2) is 0 Å². The van der Waals surface area contributed by atoms with Crippen molar-refractivity contribution < 1.29 is 0 Å². The molecule has 0 nitrogen and oxygen atoms in total. The third kappa shape index (κ3) is 2.20. The molecule has 1 radical (unpaired) electrons. The van der Waals surface area contributed by atoms with Gasteiger partial charge in [-0.05, 0) is 30.0 Å². The van der Waals surface area contributed by atoms with Gasteiger partial charge in [0.05, 0.1) is 0 Å². The number of benzene rings is 1. The Hall–Kier alpha value is -0.210. The van der Waals surface area contributed by atoms with Crippen LogP contribution in [0.15, 0.2) is 34.1 Å². The standard InChI is InChI=1S/C8H9S2/c1-2-10-8-5-3-7(9)4-6-8/h3-6H,2H2,1H3. The summed E-state index contributed by atoms with van der Waals surface area (Å²) < 4.78 is 0. The van der Waals surface area contributed by atoms with Crippen LogP contribution in [0.25, 0.3) is 0 Å². The summed E-state index contributed by atoms with van der Waals surface area (Å²) >= 11 is 6.78. The van der Waals surface area contributed by atoms with Crippen molar-refractivity contribution >= 4 is 24.4 Å². The van der Waals surface area contributed by atoms with Crippen LogP contribution in [0.3, 0.4) is 0 Å². The van der Waals surface area contributed by atoms with E-state index in [1.165, 1.54) is 4.90 Å². The highest BCUT2D eigenvalue weighted by Crippen LogP contribution is 2.18. The van der Waals surface area contributed by atoms with E-state index >= 15 is 0 Å². The Morgan fingerprint density at radius 3 is 2.40 bits per heavy atom. The summed E-state index contributed by atoms with van der Waals surface area (Å²) in [5, 5.41) is 0. The molecule has 0 N–H and O–H groups in total. The maximum atomic E-state index is 4.95. The van der Waals surface area contributed by atoms with Crippen LogP contribution in [0, 0.1) is 0 Å². The first-order chi connectivity index (χ1) is 4.83. The molecule has 0 fully saturated rings. The molecule has 0 unspecified atom stereocenters. The molecule has 0 saturated carbocycles. The highest BCUT2D eigenvalue weighted by atomic mass is 32.2. The van der Waals surface area contributed by atoms with Gasteiger partial charge in [0.2, 0.25) is 0 Å². The van der Waals surface area contributed by atoms with Gasteiger partial charge in [-0.3, -0.25) is 0 Å². The Kier molecular flexibility index (Phi) is 3.03. The molecule has 0 spiro atoms. The molecule has 1 aromatic rings. The van der Waals surface area contributed by atoms with E-state index in [1.807, 2.05) is 23.9 Å². The summed E-state index contributed by atoms with van der Waals surface area (Å²) in [4.78, 5) is 2.22. The van der Waals surface area contributed by atoms with Crippen LogP contribution in [-0.4, -0.2) is 5.75 Å². The predicted octanol–water partition coefficient (Wildman–Crippen LogP) is 3.36. The molecular weight excluding hydrogens is 160 g/mol. The van der Waals surface area contributed by atoms with E-state index in [-0.39, 0.29) is 0 Å². The molecule has 1 rings (SSSR count). The third-order valence-electron chi connectivity index (χ3n) is 1.13. The van der Waals surface area contributed by atoms with Crippen LogP contribution in [0.1, 0.15) is 6.92 Å². The SMILES string of the molecule is CCSc1ccc([S])cc1. The lowest BCUT2D eigenvalue weighted by Gasteiger charge is -1.95. The molecule has 53 valence electrons. The Labute approximate surface area is 71.4 Å². The molecule has 0 heterocycles. The lowest BCUT2D eigenvalue weighted by atomic mass is 10.4. The van der Waals surface area contributed by atoms with Crippen molar-refractivity contribution in [3.63, 3.8) is 0 Å². The monoisotopic (exact) mass is 169 g/mol. The third-order valence-corrected chi connectivity index (χ3v) is 2.30. The molecule has 0 atom stereocenters. The topological polar surface area (TPSA) is 0 Å². The molecule has 0 bridgehead atoms. The maximum absolute atomic E-state index is 4.95. The number of thioether (sulfide) groups is 1. The lowest BCUT2D eigenvalue weighted by Crippen LogP contribution is -1.71. The minimum absolute atomic E-state index is 0.917. The van der Waals surface area contributed by atoms with Gasteiger partial charge in [0.25, 0.3) is 0 Å². The van der Waals surface area contributed by atoms with Crippen LogP contribution in [-0.2, 0) is 0 Å². The van der Waals surface area contributed by atoms with E-state index in [4.69, 9.17) is 12.6 Å². The minimum atomic E-state index is 0.917. The van der Waals surface area contributed by atoms with Gasteiger partial charge in [0.1, 0.15) is 0 Å². The van der Waals surface area contributed by atoms with Crippen LogP contribution in [0.2, 0.25) is 0 Å². The second-order valence-corrected chi connectivity index (χ2v) is 3.71. The van der Waals surface area contributed by atoms with Crippen molar-refractivity contribution in [3.05, 3.63) is 24.3 Å². The van der Waals surface area contributed by atoms with Gasteiger partial charge in [-0.15, -0.1) is 11.8 Å². The Bertz CT molecular complexity index is 191. The van der Waals surface area contributed by atoms with Crippen LogP contribution in [0.5, 0.6) is 0 Å². The van der Waals surface area contributed by atoms with Gasteiger partial charge in [0.15, 0.2) is 0 Å². The fraction of sp³-hybridized carbons (Fsp3) is 0.250. The Morgan fingerprint density at radius 1 is 1.30 bits per heavy atom. The van der Waals surface area contributed by atoms with E-state index < -0.39 is 0 Å². The largest absolute Gasteiger partial charge is 0.126 e. The minimum Gasteiger partial charge on any atom is -0.126 e. The first kappa shape index (κ1) is 7.89. The summed E-state index contributed by atoms with van der Waals surface area (Å²) in [6, 6.07) is 8.06. The zero-order valence-corrected chi connectivity index (χ0v) is 7.47. The van der Waals surface area contributed by atoms with Gasteiger partial charge < -0.3 is 0 Å². The Balaban J connectivity index is 2.69. The summed E-state index contributed by atoms with van der Waals surface area (Å²) in [5.74, 6) is 1.12. The van der Waals surface area contributed by atoms with E-state index in [0.29, 0.717) is 0 Å². The zero-order valence-electron chi connectivity index (χ0n) is 5.83. The predicted molar refractivity (Wildman–Crippen MR) is 48.7 cm³/mol. The summed E-state index contributed by atoms with van der Waals surface area (Å²) in [7, 11) is 0. The summed E-state index contributed by atoms with van der Waals surface area (Å²) in [6.45, 7) is 2.15. The smallest absolute Gasteiger partial charge is 0.0377 e. The highest BCUT2D eigenvalue weighted by molar-refractivity contribution is 7.99. The maximum Gasteiger partial charge on any atom is 0.0377 e. The van der Waals surface area contributed by atoms with Gasteiger partial charge >= 0.3 is 0 Å². The Morgan fingerprint density at radius 2 is 1.90 bits per heavy atom. The van der Waals surface area contributed by atoms with Gasteiger partial charge in [0, 0.05) is 9.79 Å². The second-order valence-electron chi connectivity index (χ2n) is 1.90. The highest BCUT2D eigenvalue weighted by Gasteiger charge is 1.89. The first-order valence-corrected chi connectivity index (χ1v) is 4.62. The molecule has 0 aliphatic carbocycles. The molecule has 0 saturated heterocycles. The van der Waals surface area contributed by atoms with Crippen molar-refractivity contribution in [1.29, 1.82) is 0 Å². The molecule has 10 heavy (non-hydrogen) atoms. The molecular formula is C8H9S2. The molecule has 0 aliphatic heterocycles. The van der Waals surface area contributed by atoms with E-state index in [2.05, 4.69) is 19.1 Å². The number of hydrogen-bond acceptors (Lipinski definition) is 1. The van der Waals surface area contributed by atoms with Crippen LogP contribution >= 0.6 is 24.4 Å². The summed E-state index contributed by atoms with van der Waals surface area (Å²) in [5.41, 5.74) is 0. The molecule has 0 amide bonds. The molecule has 0 aliphatic rings. The lowest BCUT2D eigenvalue weighted by molar-refractivity contribution is 1.35. The molecule has 0 aromatic heterocycles. The van der Waals surface area contributed by atoms with Gasteiger partial charge in [-0.2, -0.15) is 0 Å². The normalized spacial score (nSPS) is 9.70. The summed E-state index contributed by atoms with van der Waals surface area (Å²) in [6.07, 6.45) is 0. The van der Waals surface area contributed by atoms with Gasteiger partial charge in [-0.1, -0.05) is 19.6 Å². The first-order valence-electron chi connectivity index (χ1n) is 3.23.